The van der Waals surface area contributed by atoms with Gasteiger partial charge in [-0.15, -0.1) is 0 Å². The van der Waals surface area contributed by atoms with Crippen LogP contribution in [-0.4, -0.2) is 43.3 Å². The topological polar surface area (TPSA) is 88.1 Å². The first kappa shape index (κ1) is 30.6. The molecule has 0 unspecified atom stereocenters. The van der Waals surface area contributed by atoms with Gasteiger partial charge in [-0.2, -0.15) is 13.2 Å². The zero-order valence-corrected chi connectivity index (χ0v) is 24.4. The van der Waals surface area contributed by atoms with Gasteiger partial charge in [-0.25, -0.2) is 4.79 Å². The van der Waals surface area contributed by atoms with E-state index < -0.39 is 47.3 Å². The first-order valence-corrected chi connectivity index (χ1v) is 14.7. The van der Waals surface area contributed by atoms with E-state index in [0.29, 0.717) is 18.4 Å². The van der Waals surface area contributed by atoms with Gasteiger partial charge in [0.1, 0.15) is 12.2 Å². The first-order valence-electron chi connectivity index (χ1n) is 14.7. The van der Waals surface area contributed by atoms with Crippen molar-refractivity contribution in [3.8, 4) is 11.1 Å². The molecule has 2 fully saturated rings. The van der Waals surface area contributed by atoms with Crippen molar-refractivity contribution in [3.63, 3.8) is 0 Å². The van der Waals surface area contributed by atoms with Crippen molar-refractivity contribution in [3.05, 3.63) is 107 Å². The number of hydrogen-bond acceptors (Lipinski definition) is 7. The molecule has 1 saturated heterocycles. The molecule has 1 aliphatic heterocycles. The molecule has 45 heavy (non-hydrogen) atoms. The SMILES string of the molecule is C=C(CC(=O)OC1(c2ccc(C(F)(F)F)cc2)CCC1)C(=O)OC1(CC(=O)OCC2c3ccccc3-c3ccccc32)COC1. The van der Waals surface area contributed by atoms with E-state index in [-0.39, 0.29) is 37.7 Å². The Kier molecular flexibility index (Phi) is 8.03. The number of benzene rings is 3. The third-order valence-electron chi connectivity index (χ3n) is 8.73. The Labute approximate surface area is 257 Å². The predicted octanol–water partition coefficient (Wildman–Crippen LogP) is 6.63. The number of ether oxygens (including phenoxy) is 4. The van der Waals surface area contributed by atoms with Crippen molar-refractivity contribution in [2.24, 2.45) is 0 Å². The second-order valence-electron chi connectivity index (χ2n) is 11.8. The minimum absolute atomic E-state index is 0.0162. The fourth-order valence-corrected chi connectivity index (χ4v) is 6.14. The van der Waals surface area contributed by atoms with Crippen molar-refractivity contribution in [1.29, 1.82) is 0 Å². The van der Waals surface area contributed by atoms with E-state index in [1.807, 2.05) is 48.5 Å². The Hall–Kier alpha value is -4.44. The molecule has 7 nitrogen and oxygen atoms in total. The van der Waals surface area contributed by atoms with Gasteiger partial charge in [0, 0.05) is 11.5 Å². The van der Waals surface area contributed by atoms with Gasteiger partial charge in [-0.1, -0.05) is 67.2 Å². The van der Waals surface area contributed by atoms with Crippen molar-refractivity contribution >= 4 is 17.9 Å². The summed E-state index contributed by atoms with van der Waals surface area (Å²) >= 11 is 0. The van der Waals surface area contributed by atoms with Gasteiger partial charge in [0.15, 0.2) is 5.60 Å². The minimum atomic E-state index is -4.48. The third-order valence-corrected chi connectivity index (χ3v) is 8.73. The highest BCUT2D eigenvalue weighted by molar-refractivity contribution is 5.94. The lowest BCUT2D eigenvalue weighted by molar-refractivity contribution is -0.215. The van der Waals surface area contributed by atoms with Gasteiger partial charge in [0.25, 0.3) is 0 Å². The summed E-state index contributed by atoms with van der Waals surface area (Å²) in [5.41, 5.74) is 1.53. The summed E-state index contributed by atoms with van der Waals surface area (Å²) in [6.45, 7) is 3.77. The quantitative estimate of drug-likeness (QED) is 0.143. The highest BCUT2D eigenvalue weighted by Crippen LogP contribution is 2.46. The molecular formula is C35H31F3O7. The maximum absolute atomic E-state index is 13.0. The van der Waals surface area contributed by atoms with Gasteiger partial charge in [-0.3, -0.25) is 9.59 Å². The average Bonchev–Trinajstić information content (AvgIpc) is 3.30. The van der Waals surface area contributed by atoms with Crippen LogP contribution < -0.4 is 0 Å². The maximum atomic E-state index is 13.0. The molecule has 1 heterocycles. The fourth-order valence-electron chi connectivity index (χ4n) is 6.14. The van der Waals surface area contributed by atoms with Crippen LogP contribution in [0.2, 0.25) is 0 Å². The fraction of sp³-hybridized carbons (Fsp3) is 0.343. The van der Waals surface area contributed by atoms with Crippen molar-refractivity contribution < 1.29 is 46.5 Å². The molecule has 3 aromatic rings. The highest BCUT2D eigenvalue weighted by atomic mass is 19.4. The van der Waals surface area contributed by atoms with E-state index in [2.05, 4.69) is 6.58 Å². The Morgan fingerprint density at radius 3 is 1.96 bits per heavy atom. The Balaban J connectivity index is 1.03. The number of carbonyl (C=O) groups is 3. The van der Waals surface area contributed by atoms with Crippen LogP contribution in [0.5, 0.6) is 0 Å². The summed E-state index contributed by atoms with van der Waals surface area (Å²) in [5.74, 6) is -2.31. The van der Waals surface area contributed by atoms with Crippen LogP contribution in [0.4, 0.5) is 13.2 Å². The van der Waals surface area contributed by atoms with E-state index in [0.717, 1.165) is 40.8 Å². The van der Waals surface area contributed by atoms with Crippen LogP contribution in [0, 0.1) is 0 Å². The number of rotatable bonds is 10. The summed E-state index contributed by atoms with van der Waals surface area (Å²) in [4.78, 5) is 38.7. The lowest BCUT2D eigenvalue weighted by Gasteiger charge is -2.41. The highest BCUT2D eigenvalue weighted by Gasteiger charge is 2.47. The van der Waals surface area contributed by atoms with Gasteiger partial charge in [0.2, 0.25) is 0 Å². The largest absolute Gasteiger partial charge is 0.465 e. The van der Waals surface area contributed by atoms with Crippen LogP contribution in [-0.2, 0) is 45.1 Å². The van der Waals surface area contributed by atoms with E-state index in [1.165, 1.54) is 12.1 Å². The summed E-state index contributed by atoms with van der Waals surface area (Å²) in [6.07, 6.45) is -3.57. The summed E-state index contributed by atoms with van der Waals surface area (Å²) in [5, 5.41) is 0. The molecule has 0 spiro atoms. The van der Waals surface area contributed by atoms with Gasteiger partial charge in [-0.05, 0) is 59.2 Å². The standard InChI is InChI=1S/C35H31F3O7/c1-22(17-30(39)44-34(15-6-16-34)23-11-13-24(14-12-23)35(36,37)38)32(41)45-33(20-42-21-33)18-31(40)43-19-29-27-9-4-2-7-25(27)26-8-3-5-10-28(26)29/h2-5,7-14,29H,1,6,15-21H2. The van der Waals surface area contributed by atoms with E-state index in [4.69, 9.17) is 18.9 Å². The van der Waals surface area contributed by atoms with Crippen LogP contribution in [0.15, 0.2) is 84.9 Å². The van der Waals surface area contributed by atoms with Gasteiger partial charge in [0.05, 0.1) is 31.6 Å². The minimum Gasteiger partial charge on any atom is -0.465 e. The molecule has 1 saturated carbocycles. The lowest BCUT2D eigenvalue weighted by atomic mass is 9.74. The predicted molar refractivity (Wildman–Crippen MR) is 156 cm³/mol. The Morgan fingerprint density at radius 1 is 0.844 bits per heavy atom. The molecule has 234 valence electrons. The molecule has 3 aromatic carbocycles. The van der Waals surface area contributed by atoms with Crippen LogP contribution in [0.1, 0.15) is 60.3 Å². The molecule has 0 radical (unpaired) electrons. The van der Waals surface area contributed by atoms with Gasteiger partial charge >= 0.3 is 24.1 Å². The zero-order chi connectivity index (χ0) is 31.8. The summed E-state index contributed by atoms with van der Waals surface area (Å²) in [7, 11) is 0. The summed E-state index contributed by atoms with van der Waals surface area (Å²) in [6, 6.07) is 20.5. The smallest absolute Gasteiger partial charge is 0.416 e. The molecule has 0 amide bonds. The monoisotopic (exact) mass is 620 g/mol. The number of hydrogen-bond donors (Lipinski definition) is 0. The number of esters is 3. The number of alkyl halides is 3. The first-order chi connectivity index (χ1) is 21.5. The Morgan fingerprint density at radius 2 is 1.44 bits per heavy atom. The Bertz CT molecular complexity index is 1590. The number of carbonyl (C=O) groups excluding carboxylic acids is 3. The molecule has 0 bridgehead atoms. The normalized spacial score (nSPS) is 17.6. The molecule has 0 N–H and O–H groups in total. The molecule has 0 aromatic heterocycles. The van der Waals surface area contributed by atoms with Crippen LogP contribution in [0.3, 0.4) is 0 Å². The summed E-state index contributed by atoms with van der Waals surface area (Å²) < 4.78 is 61.2. The van der Waals surface area contributed by atoms with Crippen LogP contribution >= 0.6 is 0 Å². The molecule has 6 rings (SSSR count). The van der Waals surface area contributed by atoms with E-state index >= 15 is 0 Å². The number of halogens is 3. The van der Waals surface area contributed by atoms with Crippen molar-refractivity contribution in [2.75, 3.05) is 19.8 Å². The second-order valence-corrected chi connectivity index (χ2v) is 11.8. The molecule has 2 aliphatic carbocycles. The van der Waals surface area contributed by atoms with E-state index in [9.17, 15) is 27.6 Å². The average molecular weight is 621 g/mol. The molecular weight excluding hydrogens is 589 g/mol. The van der Waals surface area contributed by atoms with Gasteiger partial charge < -0.3 is 18.9 Å². The third kappa shape index (κ3) is 6.11. The molecule has 3 aliphatic rings. The lowest BCUT2D eigenvalue weighted by Crippen LogP contribution is -2.54. The van der Waals surface area contributed by atoms with Crippen molar-refractivity contribution in [1.82, 2.24) is 0 Å². The molecule has 10 heteroatoms. The molecule has 0 atom stereocenters. The van der Waals surface area contributed by atoms with E-state index in [1.54, 1.807) is 0 Å². The number of fused-ring (bicyclic) bond motifs is 3. The van der Waals surface area contributed by atoms with Crippen molar-refractivity contribution in [2.45, 2.75) is 55.4 Å². The second kappa shape index (κ2) is 11.8. The zero-order valence-electron chi connectivity index (χ0n) is 24.4. The maximum Gasteiger partial charge on any atom is 0.416 e. The van der Waals surface area contributed by atoms with Crippen LogP contribution in [0.25, 0.3) is 11.1 Å².